The second kappa shape index (κ2) is 3.92. The lowest BCUT2D eigenvalue weighted by atomic mass is 10.2. The molecule has 0 bridgehead atoms. The van der Waals surface area contributed by atoms with Crippen LogP contribution in [0.3, 0.4) is 0 Å². The van der Waals surface area contributed by atoms with Gasteiger partial charge in [-0.3, -0.25) is 4.79 Å². The van der Waals surface area contributed by atoms with Crippen molar-refractivity contribution in [1.82, 2.24) is 9.97 Å². The maximum atomic E-state index is 12.0. The van der Waals surface area contributed by atoms with Gasteiger partial charge in [0.2, 0.25) is 0 Å². The third kappa shape index (κ3) is 2.97. The van der Waals surface area contributed by atoms with E-state index in [0.717, 1.165) is 0 Å². The van der Waals surface area contributed by atoms with E-state index in [1.165, 1.54) is 0 Å². The highest BCUT2D eigenvalue weighted by Gasteiger charge is 2.29. The highest BCUT2D eigenvalue weighted by Crippen LogP contribution is 2.19. The first-order valence-electron chi connectivity index (χ1n) is 4.27. The quantitative estimate of drug-likeness (QED) is 0.783. The number of nitrogen functional groups attached to an aromatic ring is 1. The average molecular weight is 221 g/mol. The first kappa shape index (κ1) is 11.5. The lowest BCUT2D eigenvalue weighted by molar-refractivity contribution is -0.128. The molecule has 84 valence electrons. The van der Waals surface area contributed by atoms with Gasteiger partial charge in [0, 0.05) is 0 Å². The van der Waals surface area contributed by atoms with Crippen LogP contribution in [0.5, 0.6) is 0 Å². The Balaban J connectivity index is 3.10. The predicted molar refractivity (Wildman–Crippen MR) is 48.4 cm³/mol. The van der Waals surface area contributed by atoms with Crippen molar-refractivity contribution in [1.29, 1.82) is 0 Å². The second-order valence-electron chi connectivity index (χ2n) is 3.02. The summed E-state index contributed by atoms with van der Waals surface area (Å²) in [5.41, 5.74) is 4.96. The van der Waals surface area contributed by atoms with Crippen molar-refractivity contribution in [3.8, 4) is 0 Å². The molecule has 4 nitrogen and oxygen atoms in total. The standard InChI is InChI=1S/C8H10F3N3O/c1-2-4-6(12)13-5(14-7(4)15)3-8(9,10)11/h2-3H2,1H3,(H3,12,13,14,15). The third-order valence-corrected chi connectivity index (χ3v) is 1.82. The van der Waals surface area contributed by atoms with E-state index in [-0.39, 0.29) is 11.4 Å². The molecular formula is C8H10F3N3O. The van der Waals surface area contributed by atoms with Gasteiger partial charge in [0.05, 0.1) is 5.56 Å². The molecule has 0 atom stereocenters. The number of nitrogens with zero attached hydrogens (tertiary/aromatic N) is 1. The van der Waals surface area contributed by atoms with Gasteiger partial charge in [-0.15, -0.1) is 0 Å². The summed E-state index contributed by atoms with van der Waals surface area (Å²) < 4.78 is 36.0. The first-order chi connectivity index (χ1) is 6.83. The Morgan fingerprint density at radius 1 is 1.47 bits per heavy atom. The first-order valence-corrected chi connectivity index (χ1v) is 4.27. The molecule has 0 aliphatic heterocycles. The zero-order chi connectivity index (χ0) is 11.6. The molecule has 7 heteroatoms. The number of nitrogens with two attached hydrogens (primary N) is 1. The van der Waals surface area contributed by atoms with Crippen LogP contribution < -0.4 is 11.3 Å². The molecule has 0 aliphatic rings. The van der Waals surface area contributed by atoms with Crippen molar-refractivity contribution < 1.29 is 13.2 Å². The Morgan fingerprint density at radius 3 is 2.47 bits per heavy atom. The van der Waals surface area contributed by atoms with Crippen molar-refractivity contribution in [2.75, 3.05) is 5.73 Å². The van der Waals surface area contributed by atoms with Crippen LogP contribution in [0.15, 0.2) is 4.79 Å². The summed E-state index contributed by atoms with van der Waals surface area (Å²) in [5, 5.41) is 0. The number of H-pyrrole nitrogens is 1. The average Bonchev–Trinajstić information content (AvgIpc) is 1.99. The minimum Gasteiger partial charge on any atom is -0.383 e. The Labute approximate surface area is 83.3 Å². The molecule has 0 amide bonds. The number of aromatic amines is 1. The Hall–Kier alpha value is -1.53. The summed E-state index contributed by atoms with van der Waals surface area (Å²) in [6.07, 6.45) is -5.35. The highest BCUT2D eigenvalue weighted by molar-refractivity contribution is 5.37. The molecule has 1 aromatic rings. The monoisotopic (exact) mass is 221 g/mol. The molecular weight excluding hydrogens is 211 g/mol. The molecule has 1 rings (SSSR count). The van der Waals surface area contributed by atoms with E-state index >= 15 is 0 Å². The number of hydrogen-bond donors (Lipinski definition) is 2. The summed E-state index contributed by atoms with van der Waals surface area (Å²) in [5.74, 6) is -0.595. The largest absolute Gasteiger partial charge is 0.396 e. The Morgan fingerprint density at radius 2 is 2.07 bits per heavy atom. The molecule has 0 saturated carbocycles. The number of alkyl halides is 3. The van der Waals surface area contributed by atoms with Crippen LogP contribution in [0.1, 0.15) is 18.3 Å². The molecule has 0 aromatic carbocycles. The minimum atomic E-state index is -4.41. The SMILES string of the molecule is CCc1c(N)nc(CC(F)(F)F)[nH]c1=O. The van der Waals surface area contributed by atoms with Crippen LogP contribution in [-0.4, -0.2) is 16.1 Å². The molecule has 0 saturated heterocycles. The molecule has 0 spiro atoms. The molecule has 1 heterocycles. The molecule has 1 aromatic heterocycles. The summed E-state index contributed by atoms with van der Waals surface area (Å²) in [4.78, 5) is 16.8. The van der Waals surface area contributed by atoms with Crippen LogP contribution in [-0.2, 0) is 12.8 Å². The van der Waals surface area contributed by atoms with Crippen LogP contribution >= 0.6 is 0 Å². The fraction of sp³-hybridized carbons (Fsp3) is 0.500. The molecule has 15 heavy (non-hydrogen) atoms. The lowest BCUT2D eigenvalue weighted by Crippen LogP contribution is -2.23. The molecule has 0 radical (unpaired) electrons. The van der Waals surface area contributed by atoms with Gasteiger partial charge in [-0.2, -0.15) is 13.2 Å². The predicted octanol–water partition coefficient (Wildman–Crippen LogP) is 1.02. The number of nitrogens with one attached hydrogen (secondary N) is 1. The van der Waals surface area contributed by atoms with Gasteiger partial charge in [0.1, 0.15) is 18.1 Å². The number of aromatic nitrogens is 2. The van der Waals surface area contributed by atoms with Gasteiger partial charge >= 0.3 is 6.18 Å². The lowest BCUT2D eigenvalue weighted by Gasteiger charge is -2.07. The van der Waals surface area contributed by atoms with Crippen LogP contribution in [0.25, 0.3) is 0 Å². The number of hydrogen-bond acceptors (Lipinski definition) is 3. The zero-order valence-corrected chi connectivity index (χ0v) is 7.98. The summed E-state index contributed by atoms with van der Waals surface area (Å²) in [6.45, 7) is 1.67. The van der Waals surface area contributed by atoms with E-state index in [9.17, 15) is 18.0 Å². The molecule has 3 N–H and O–H groups in total. The van der Waals surface area contributed by atoms with Gasteiger partial charge in [-0.05, 0) is 6.42 Å². The van der Waals surface area contributed by atoms with E-state index in [1.807, 2.05) is 0 Å². The number of anilines is 1. The third-order valence-electron chi connectivity index (χ3n) is 1.82. The summed E-state index contributed by atoms with van der Waals surface area (Å²) in [7, 11) is 0. The smallest absolute Gasteiger partial charge is 0.383 e. The Kier molecular flexibility index (Phi) is 3.01. The zero-order valence-electron chi connectivity index (χ0n) is 7.98. The number of rotatable bonds is 2. The molecule has 0 unspecified atom stereocenters. The van der Waals surface area contributed by atoms with Crippen molar-refractivity contribution in [2.24, 2.45) is 0 Å². The van der Waals surface area contributed by atoms with Crippen LogP contribution in [0.4, 0.5) is 19.0 Å². The van der Waals surface area contributed by atoms with Crippen molar-refractivity contribution in [3.05, 3.63) is 21.7 Å². The normalized spacial score (nSPS) is 11.7. The van der Waals surface area contributed by atoms with E-state index < -0.39 is 24.0 Å². The Bertz CT molecular complexity index is 411. The fourth-order valence-electron chi connectivity index (χ4n) is 1.18. The van der Waals surface area contributed by atoms with Gasteiger partial charge in [-0.1, -0.05) is 6.92 Å². The maximum absolute atomic E-state index is 12.0. The topological polar surface area (TPSA) is 71.8 Å². The fourth-order valence-corrected chi connectivity index (χ4v) is 1.18. The van der Waals surface area contributed by atoms with E-state index in [4.69, 9.17) is 5.73 Å². The van der Waals surface area contributed by atoms with Gasteiger partial charge in [-0.25, -0.2) is 4.98 Å². The van der Waals surface area contributed by atoms with Crippen molar-refractivity contribution in [3.63, 3.8) is 0 Å². The summed E-state index contributed by atoms with van der Waals surface area (Å²) in [6, 6.07) is 0. The van der Waals surface area contributed by atoms with Gasteiger partial charge < -0.3 is 10.7 Å². The van der Waals surface area contributed by atoms with E-state index in [2.05, 4.69) is 9.97 Å². The van der Waals surface area contributed by atoms with Crippen molar-refractivity contribution in [2.45, 2.75) is 25.9 Å². The second-order valence-corrected chi connectivity index (χ2v) is 3.02. The van der Waals surface area contributed by atoms with E-state index in [0.29, 0.717) is 6.42 Å². The van der Waals surface area contributed by atoms with Crippen molar-refractivity contribution >= 4 is 5.82 Å². The van der Waals surface area contributed by atoms with Gasteiger partial charge in [0.25, 0.3) is 5.56 Å². The van der Waals surface area contributed by atoms with Crippen LogP contribution in [0, 0.1) is 0 Å². The van der Waals surface area contributed by atoms with Gasteiger partial charge in [0.15, 0.2) is 0 Å². The highest BCUT2D eigenvalue weighted by atomic mass is 19.4. The molecule has 0 aliphatic carbocycles. The van der Waals surface area contributed by atoms with E-state index in [1.54, 1.807) is 6.92 Å². The summed E-state index contributed by atoms with van der Waals surface area (Å²) >= 11 is 0. The molecule has 0 fully saturated rings. The maximum Gasteiger partial charge on any atom is 0.396 e. The van der Waals surface area contributed by atoms with Crippen LogP contribution in [0.2, 0.25) is 0 Å². The number of halogens is 3. The minimum absolute atomic E-state index is 0.138.